The van der Waals surface area contributed by atoms with E-state index >= 15 is 0 Å². The Kier molecular flexibility index (Phi) is 3.49. The van der Waals surface area contributed by atoms with E-state index in [0.29, 0.717) is 11.3 Å². The van der Waals surface area contributed by atoms with Crippen LogP contribution in [-0.4, -0.2) is 43.0 Å². The molecule has 104 valence electrons. The van der Waals surface area contributed by atoms with E-state index in [0.717, 1.165) is 19.6 Å². The molecular formula is C14H21FN4. The number of hydrogen-bond acceptors (Lipinski definition) is 3. The monoisotopic (exact) mass is 264 g/mol. The van der Waals surface area contributed by atoms with Crippen LogP contribution < -0.4 is 10.6 Å². The first kappa shape index (κ1) is 13.8. The van der Waals surface area contributed by atoms with Gasteiger partial charge in [-0.1, -0.05) is 0 Å². The normalized spacial score (nSPS) is 19.5. The number of hydrogen-bond donors (Lipinski definition) is 2. The minimum Gasteiger partial charge on any atom is -0.384 e. The molecule has 0 amide bonds. The van der Waals surface area contributed by atoms with E-state index in [1.165, 1.54) is 6.07 Å². The number of rotatable bonds is 2. The lowest BCUT2D eigenvalue weighted by Crippen LogP contribution is -2.57. The third-order valence-corrected chi connectivity index (χ3v) is 3.92. The number of anilines is 1. The van der Waals surface area contributed by atoms with Gasteiger partial charge in [-0.05, 0) is 39.1 Å². The maximum Gasteiger partial charge on any atom is 0.147 e. The largest absolute Gasteiger partial charge is 0.384 e. The van der Waals surface area contributed by atoms with Gasteiger partial charge in [0.25, 0.3) is 0 Å². The number of likely N-dealkylation sites (N-methyl/N-ethyl adjacent to an activating group) is 1. The molecule has 0 aliphatic carbocycles. The number of nitrogen functional groups attached to an aromatic ring is 1. The van der Waals surface area contributed by atoms with E-state index in [4.69, 9.17) is 11.1 Å². The third-order valence-electron chi connectivity index (χ3n) is 3.92. The summed E-state index contributed by atoms with van der Waals surface area (Å²) < 4.78 is 14.1. The maximum atomic E-state index is 14.1. The smallest absolute Gasteiger partial charge is 0.147 e. The van der Waals surface area contributed by atoms with Crippen LogP contribution in [0.1, 0.15) is 19.4 Å². The van der Waals surface area contributed by atoms with Gasteiger partial charge in [-0.2, -0.15) is 0 Å². The second-order valence-electron chi connectivity index (χ2n) is 5.74. The molecule has 2 rings (SSSR count). The van der Waals surface area contributed by atoms with E-state index in [1.54, 1.807) is 12.1 Å². The summed E-state index contributed by atoms with van der Waals surface area (Å²) in [5.41, 5.74) is 6.40. The van der Waals surface area contributed by atoms with Crippen molar-refractivity contribution in [2.75, 3.05) is 31.6 Å². The highest BCUT2D eigenvalue weighted by Gasteiger charge is 2.31. The SMILES string of the molecule is CN1CCN(c2ccc(C(=N)N)cc2F)CC1(C)C. The summed E-state index contributed by atoms with van der Waals surface area (Å²) in [5, 5.41) is 7.33. The van der Waals surface area contributed by atoms with Crippen LogP contribution in [0.25, 0.3) is 0 Å². The van der Waals surface area contributed by atoms with Crippen molar-refractivity contribution < 1.29 is 4.39 Å². The van der Waals surface area contributed by atoms with Crippen LogP contribution in [0.2, 0.25) is 0 Å². The molecule has 1 aliphatic rings. The standard InChI is InChI=1S/C14H21FN4/c1-14(2)9-19(7-6-18(14)3)12-5-4-10(13(16)17)8-11(12)15/h4-5,8H,6-7,9H2,1-3H3,(H3,16,17). The summed E-state index contributed by atoms with van der Waals surface area (Å²) in [7, 11) is 2.09. The quantitative estimate of drug-likeness (QED) is 0.630. The first-order chi connectivity index (χ1) is 8.81. The van der Waals surface area contributed by atoms with Crippen molar-refractivity contribution in [3.63, 3.8) is 0 Å². The van der Waals surface area contributed by atoms with Crippen molar-refractivity contribution >= 4 is 11.5 Å². The lowest BCUT2D eigenvalue weighted by atomic mass is 9.99. The van der Waals surface area contributed by atoms with Crippen LogP contribution in [0.4, 0.5) is 10.1 Å². The van der Waals surface area contributed by atoms with E-state index in [-0.39, 0.29) is 17.2 Å². The molecule has 1 aliphatic heterocycles. The summed E-state index contributed by atoms with van der Waals surface area (Å²) in [6.45, 7) is 6.79. The summed E-state index contributed by atoms with van der Waals surface area (Å²) >= 11 is 0. The van der Waals surface area contributed by atoms with Crippen molar-refractivity contribution in [2.45, 2.75) is 19.4 Å². The summed E-state index contributed by atoms with van der Waals surface area (Å²) in [6.07, 6.45) is 0. The van der Waals surface area contributed by atoms with E-state index in [9.17, 15) is 4.39 Å². The van der Waals surface area contributed by atoms with Crippen LogP contribution >= 0.6 is 0 Å². The number of halogens is 1. The summed E-state index contributed by atoms with van der Waals surface area (Å²) in [5.74, 6) is -0.419. The summed E-state index contributed by atoms with van der Waals surface area (Å²) in [6, 6.07) is 4.75. The molecule has 1 aromatic rings. The van der Waals surface area contributed by atoms with E-state index in [1.807, 2.05) is 0 Å². The molecule has 5 heteroatoms. The van der Waals surface area contributed by atoms with Gasteiger partial charge in [-0.15, -0.1) is 0 Å². The van der Waals surface area contributed by atoms with Crippen LogP contribution in [0, 0.1) is 11.2 Å². The van der Waals surface area contributed by atoms with Crippen LogP contribution in [0.3, 0.4) is 0 Å². The molecule has 0 radical (unpaired) electrons. The first-order valence-electron chi connectivity index (χ1n) is 6.41. The average Bonchev–Trinajstić information content (AvgIpc) is 2.32. The highest BCUT2D eigenvalue weighted by molar-refractivity contribution is 5.95. The molecule has 1 fully saturated rings. The van der Waals surface area contributed by atoms with Gasteiger partial charge < -0.3 is 10.6 Å². The van der Waals surface area contributed by atoms with Gasteiger partial charge in [-0.25, -0.2) is 4.39 Å². The molecule has 19 heavy (non-hydrogen) atoms. The second-order valence-corrected chi connectivity index (χ2v) is 5.74. The van der Waals surface area contributed by atoms with Gasteiger partial charge in [-0.3, -0.25) is 10.3 Å². The van der Waals surface area contributed by atoms with Gasteiger partial charge in [0.15, 0.2) is 0 Å². The Balaban J connectivity index is 2.26. The fourth-order valence-electron chi connectivity index (χ4n) is 2.38. The van der Waals surface area contributed by atoms with Crippen molar-refractivity contribution in [1.82, 2.24) is 4.90 Å². The van der Waals surface area contributed by atoms with Crippen molar-refractivity contribution in [3.8, 4) is 0 Å². The molecule has 1 heterocycles. The molecule has 3 N–H and O–H groups in total. The summed E-state index contributed by atoms with van der Waals surface area (Å²) in [4.78, 5) is 4.34. The van der Waals surface area contributed by atoms with Gasteiger partial charge in [0.1, 0.15) is 11.7 Å². The highest BCUT2D eigenvalue weighted by atomic mass is 19.1. The predicted octanol–water partition coefficient (Wildman–Crippen LogP) is 1.64. The molecule has 0 atom stereocenters. The highest BCUT2D eigenvalue weighted by Crippen LogP contribution is 2.27. The van der Waals surface area contributed by atoms with E-state index in [2.05, 4.69) is 30.7 Å². The van der Waals surface area contributed by atoms with Crippen LogP contribution in [0.5, 0.6) is 0 Å². The van der Waals surface area contributed by atoms with Gasteiger partial charge in [0.05, 0.1) is 5.69 Å². The number of piperazine rings is 1. The van der Waals surface area contributed by atoms with Crippen molar-refractivity contribution in [3.05, 3.63) is 29.6 Å². The fourth-order valence-corrected chi connectivity index (χ4v) is 2.38. The van der Waals surface area contributed by atoms with Crippen molar-refractivity contribution in [2.24, 2.45) is 5.73 Å². The Hall–Kier alpha value is -1.62. The second kappa shape index (κ2) is 4.81. The van der Waals surface area contributed by atoms with Gasteiger partial charge >= 0.3 is 0 Å². The third kappa shape index (κ3) is 2.71. The first-order valence-corrected chi connectivity index (χ1v) is 6.41. The molecular weight excluding hydrogens is 243 g/mol. The zero-order chi connectivity index (χ0) is 14.2. The van der Waals surface area contributed by atoms with Gasteiger partial charge in [0.2, 0.25) is 0 Å². The number of nitrogens with one attached hydrogen (secondary N) is 1. The van der Waals surface area contributed by atoms with Crippen molar-refractivity contribution in [1.29, 1.82) is 5.41 Å². The molecule has 0 unspecified atom stereocenters. The number of nitrogens with zero attached hydrogens (tertiary/aromatic N) is 2. The Labute approximate surface area is 113 Å². The number of benzene rings is 1. The van der Waals surface area contributed by atoms with E-state index < -0.39 is 0 Å². The average molecular weight is 264 g/mol. The zero-order valence-corrected chi connectivity index (χ0v) is 11.7. The lowest BCUT2D eigenvalue weighted by Gasteiger charge is -2.46. The molecule has 1 aromatic carbocycles. The molecule has 1 saturated heterocycles. The minimum absolute atomic E-state index is 0.0178. The van der Waals surface area contributed by atoms with Gasteiger partial charge in [0, 0.05) is 30.7 Å². The van der Waals surface area contributed by atoms with Crippen LogP contribution in [0.15, 0.2) is 18.2 Å². The minimum atomic E-state index is -0.312. The molecule has 0 spiro atoms. The number of amidine groups is 1. The zero-order valence-electron chi connectivity index (χ0n) is 11.7. The molecule has 4 nitrogen and oxygen atoms in total. The predicted molar refractivity (Wildman–Crippen MR) is 76.3 cm³/mol. The Morgan fingerprint density at radius 1 is 1.37 bits per heavy atom. The lowest BCUT2D eigenvalue weighted by molar-refractivity contribution is 0.138. The fraction of sp³-hybridized carbons (Fsp3) is 0.500. The Morgan fingerprint density at radius 2 is 2.05 bits per heavy atom. The maximum absolute atomic E-state index is 14.1. The number of nitrogens with two attached hydrogens (primary N) is 1. The Bertz CT molecular complexity index is 498. The van der Waals surface area contributed by atoms with Crippen LogP contribution in [-0.2, 0) is 0 Å². The molecule has 0 saturated carbocycles. The topological polar surface area (TPSA) is 56.4 Å². The molecule has 0 aromatic heterocycles. The molecule has 0 bridgehead atoms. The Morgan fingerprint density at radius 3 is 2.58 bits per heavy atom.